The fraction of sp³-hybridized carbons (Fsp3) is 0.467. The van der Waals surface area contributed by atoms with Crippen LogP contribution < -0.4 is 15.4 Å². The van der Waals surface area contributed by atoms with Gasteiger partial charge in [0.15, 0.2) is 5.11 Å². The molecule has 0 radical (unpaired) electrons. The molecule has 0 bridgehead atoms. The zero-order valence-corrected chi connectivity index (χ0v) is 12.6. The van der Waals surface area contributed by atoms with Gasteiger partial charge in [-0.15, -0.1) is 0 Å². The van der Waals surface area contributed by atoms with Crippen molar-refractivity contribution in [2.24, 2.45) is 0 Å². The van der Waals surface area contributed by atoms with Crippen LogP contribution in [0.5, 0.6) is 5.88 Å². The van der Waals surface area contributed by atoms with E-state index in [4.69, 9.17) is 17.0 Å². The largest absolute Gasteiger partial charge is 0.481 e. The molecular formula is C15H21N3OS. The molecule has 0 saturated carbocycles. The van der Waals surface area contributed by atoms with Gasteiger partial charge in [0, 0.05) is 12.6 Å². The minimum absolute atomic E-state index is 0.596. The third-order valence-electron chi connectivity index (χ3n) is 3.32. The van der Waals surface area contributed by atoms with Crippen LogP contribution in [0.15, 0.2) is 30.0 Å². The maximum atomic E-state index is 5.26. The number of nitrogens with zero attached hydrogens (tertiary/aromatic N) is 1. The number of hydrogen-bond donors (Lipinski definition) is 2. The van der Waals surface area contributed by atoms with Gasteiger partial charge in [-0.05, 0) is 50.4 Å². The van der Waals surface area contributed by atoms with E-state index >= 15 is 0 Å². The number of hydrogen-bond acceptors (Lipinski definition) is 3. The Morgan fingerprint density at radius 1 is 1.40 bits per heavy atom. The Labute approximate surface area is 125 Å². The Balaban J connectivity index is 1.70. The van der Waals surface area contributed by atoms with E-state index in [9.17, 15) is 0 Å². The molecule has 1 aromatic rings. The molecule has 0 aromatic carbocycles. The highest BCUT2D eigenvalue weighted by Crippen LogP contribution is 2.19. The van der Waals surface area contributed by atoms with E-state index in [0.717, 1.165) is 18.7 Å². The van der Waals surface area contributed by atoms with Gasteiger partial charge in [0.05, 0.1) is 19.0 Å². The number of methoxy groups -OCH3 is 1. The lowest BCUT2D eigenvalue weighted by Gasteiger charge is -2.14. The molecule has 2 N–H and O–H groups in total. The molecule has 0 aliphatic heterocycles. The molecule has 0 unspecified atom stereocenters. The van der Waals surface area contributed by atoms with E-state index in [0.29, 0.717) is 11.0 Å². The average Bonchev–Trinajstić information content (AvgIpc) is 2.49. The summed E-state index contributed by atoms with van der Waals surface area (Å²) in [6.45, 7) is 0.876. The van der Waals surface area contributed by atoms with Crippen molar-refractivity contribution in [2.75, 3.05) is 19.0 Å². The van der Waals surface area contributed by atoms with Gasteiger partial charge >= 0.3 is 0 Å². The molecule has 0 atom stereocenters. The number of rotatable bonds is 5. The van der Waals surface area contributed by atoms with Crippen LogP contribution in [-0.2, 0) is 0 Å². The summed E-state index contributed by atoms with van der Waals surface area (Å²) in [5, 5.41) is 6.97. The molecule has 4 nitrogen and oxygen atoms in total. The number of ether oxygens (including phenoxy) is 1. The summed E-state index contributed by atoms with van der Waals surface area (Å²) in [6.07, 6.45) is 10.3. The standard InChI is InChI=1S/C15H21N3OS/c1-19-14-8-7-13(11-17-14)18-15(20)16-10-9-12-5-3-2-4-6-12/h5,7-8,11H,2-4,6,9-10H2,1H3,(H2,16,18,20). The first-order valence-corrected chi connectivity index (χ1v) is 7.41. The highest BCUT2D eigenvalue weighted by molar-refractivity contribution is 7.80. The molecule has 1 aliphatic rings. The molecule has 2 rings (SSSR count). The van der Waals surface area contributed by atoms with Gasteiger partial charge in [-0.2, -0.15) is 0 Å². The quantitative estimate of drug-likeness (QED) is 0.644. The molecule has 108 valence electrons. The van der Waals surface area contributed by atoms with Crippen molar-refractivity contribution in [3.8, 4) is 5.88 Å². The predicted molar refractivity (Wildman–Crippen MR) is 86.2 cm³/mol. The summed E-state index contributed by atoms with van der Waals surface area (Å²) >= 11 is 5.26. The topological polar surface area (TPSA) is 46.2 Å². The lowest BCUT2D eigenvalue weighted by Crippen LogP contribution is -2.29. The van der Waals surface area contributed by atoms with Gasteiger partial charge in [-0.25, -0.2) is 4.98 Å². The van der Waals surface area contributed by atoms with Crippen LogP contribution in [0.3, 0.4) is 0 Å². The van der Waals surface area contributed by atoms with E-state index in [2.05, 4.69) is 21.7 Å². The Morgan fingerprint density at radius 3 is 2.95 bits per heavy atom. The molecule has 0 saturated heterocycles. The van der Waals surface area contributed by atoms with Crippen molar-refractivity contribution >= 4 is 23.0 Å². The molecule has 20 heavy (non-hydrogen) atoms. The van der Waals surface area contributed by atoms with E-state index in [1.165, 1.54) is 25.7 Å². The highest BCUT2D eigenvalue weighted by Gasteiger charge is 2.04. The fourth-order valence-electron chi connectivity index (χ4n) is 2.22. The highest BCUT2D eigenvalue weighted by atomic mass is 32.1. The van der Waals surface area contributed by atoms with E-state index in [1.54, 1.807) is 24.9 Å². The Kier molecular flexibility index (Phi) is 5.80. The molecule has 0 amide bonds. The van der Waals surface area contributed by atoms with Crippen LogP contribution in [0.1, 0.15) is 32.1 Å². The number of allylic oxidation sites excluding steroid dienone is 1. The normalized spacial score (nSPS) is 14.3. The third-order valence-corrected chi connectivity index (χ3v) is 3.57. The lowest BCUT2D eigenvalue weighted by atomic mass is 9.97. The molecule has 5 heteroatoms. The average molecular weight is 291 g/mol. The second-order valence-corrected chi connectivity index (χ2v) is 5.24. The van der Waals surface area contributed by atoms with Crippen LogP contribution in [-0.4, -0.2) is 23.8 Å². The minimum Gasteiger partial charge on any atom is -0.481 e. The van der Waals surface area contributed by atoms with Crippen LogP contribution in [0.25, 0.3) is 0 Å². The molecule has 1 aromatic heterocycles. The number of pyridine rings is 1. The minimum atomic E-state index is 0.596. The SMILES string of the molecule is COc1ccc(NC(=S)NCCC2=CCCCC2)cn1. The van der Waals surface area contributed by atoms with Crippen molar-refractivity contribution in [3.63, 3.8) is 0 Å². The maximum absolute atomic E-state index is 5.26. The van der Waals surface area contributed by atoms with Crippen molar-refractivity contribution in [2.45, 2.75) is 32.1 Å². The fourth-order valence-corrected chi connectivity index (χ4v) is 2.44. The van der Waals surface area contributed by atoms with Crippen LogP contribution in [0, 0.1) is 0 Å². The van der Waals surface area contributed by atoms with E-state index in [-0.39, 0.29) is 0 Å². The lowest BCUT2D eigenvalue weighted by molar-refractivity contribution is 0.398. The van der Waals surface area contributed by atoms with Gasteiger partial charge in [0.1, 0.15) is 0 Å². The molecule has 1 heterocycles. The first kappa shape index (κ1) is 14.8. The molecule has 0 spiro atoms. The molecule has 1 aliphatic carbocycles. The zero-order valence-electron chi connectivity index (χ0n) is 11.8. The van der Waals surface area contributed by atoms with Gasteiger partial charge in [0.25, 0.3) is 0 Å². The van der Waals surface area contributed by atoms with Gasteiger partial charge < -0.3 is 15.4 Å². The summed E-state index contributed by atoms with van der Waals surface area (Å²) < 4.78 is 5.01. The summed E-state index contributed by atoms with van der Waals surface area (Å²) in [4.78, 5) is 4.12. The van der Waals surface area contributed by atoms with Crippen molar-refractivity contribution in [1.29, 1.82) is 0 Å². The molecule has 0 fully saturated rings. The van der Waals surface area contributed by atoms with E-state index in [1.807, 2.05) is 6.07 Å². The number of aromatic nitrogens is 1. The van der Waals surface area contributed by atoms with Crippen molar-refractivity contribution in [1.82, 2.24) is 10.3 Å². The summed E-state index contributed by atoms with van der Waals surface area (Å²) in [5.74, 6) is 0.596. The first-order valence-electron chi connectivity index (χ1n) is 7.01. The van der Waals surface area contributed by atoms with Crippen LogP contribution >= 0.6 is 12.2 Å². The second kappa shape index (κ2) is 7.85. The van der Waals surface area contributed by atoms with Crippen molar-refractivity contribution in [3.05, 3.63) is 30.0 Å². The van der Waals surface area contributed by atoms with E-state index < -0.39 is 0 Å². The Hall–Kier alpha value is -1.62. The van der Waals surface area contributed by atoms with Gasteiger partial charge in [-0.1, -0.05) is 11.6 Å². The number of thiocarbonyl (C=S) groups is 1. The second-order valence-electron chi connectivity index (χ2n) is 4.83. The van der Waals surface area contributed by atoms with Crippen molar-refractivity contribution < 1.29 is 4.74 Å². The summed E-state index contributed by atoms with van der Waals surface area (Å²) in [7, 11) is 1.60. The maximum Gasteiger partial charge on any atom is 0.213 e. The Morgan fingerprint density at radius 2 is 2.30 bits per heavy atom. The number of anilines is 1. The van der Waals surface area contributed by atoms with Gasteiger partial charge in [0.2, 0.25) is 5.88 Å². The zero-order chi connectivity index (χ0) is 14.2. The van der Waals surface area contributed by atoms with Crippen LogP contribution in [0.4, 0.5) is 5.69 Å². The Bertz CT molecular complexity index is 471. The first-order chi connectivity index (χ1) is 9.78. The van der Waals surface area contributed by atoms with Gasteiger partial charge in [-0.3, -0.25) is 0 Å². The summed E-state index contributed by atoms with van der Waals surface area (Å²) in [5.41, 5.74) is 2.41. The third kappa shape index (κ3) is 4.81. The predicted octanol–water partition coefficient (Wildman–Crippen LogP) is 3.27. The summed E-state index contributed by atoms with van der Waals surface area (Å²) in [6, 6.07) is 3.70. The smallest absolute Gasteiger partial charge is 0.213 e. The molecular weight excluding hydrogens is 270 g/mol. The monoisotopic (exact) mass is 291 g/mol. The van der Waals surface area contributed by atoms with Crippen LogP contribution in [0.2, 0.25) is 0 Å². The number of nitrogens with one attached hydrogen (secondary N) is 2.